The Morgan fingerprint density at radius 2 is 2.07 bits per heavy atom. The van der Waals surface area contributed by atoms with Crippen LogP contribution in [0.15, 0.2) is 42.9 Å². The third-order valence-electron chi connectivity index (χ3n) is 1.94. The molecule has 74 valence electrons. The highest BCUT2D eigenvalue weighted by Crippen LogP contribution is 2.09. The van der Waals surface area contributed by atoms with Gasteiger partial charge in [0.15, 0.2) is 0 Å². The monoisotopic (exact) mass is 197 g/mol. The highest BCUT2D eigenvalue weighted by Gasteiger charge is 1.89. The molecule has 1 aromatic carbocycles. The highest BCUT2D eigenvalue weighted by molar-refractivity contribution is 5.69. The van der Waals surface area contributed by atoms with Crippen LogP contribution < -0.4 is 5.73 Å². The van der Waals surface area contributed by atoms with E-state index in [1.54, 1.807) is 18.6 Å². The molecule has 0 saturated heterocycles. The van der Waals surface area contributed by atoms with Crippen molar-refractivity contribution in [2.45, 2.75) is 0 Å². The first-order chi connectivity index (χ1) is 7.34. The molecule has 0 aliphatic carbocycles. The van der Waals surface area contributed by atoms with Crippen LogP contribution in [0.2, 0.25) is 0 Å². The largest absolute Gasteiger partial charge is 0.399 e. The van der Waals surface area contributed by atoms with Crippen molar-refractivity contribution in [3.63, 3.8) is 0 Å². The molecule has 0 aliphatic rings. The molecule has 0 spiro atoms. The van der Waals surface area contributed by atoms with Gasteiger partial charge in [0, 0.05) is 18.1 Å². The van der Waals surface area contributed by atoms with Crippen molar-refractivity contribution in [3.05, 3.63) is 54.1 Å². The van der Waals surface area contributed by atoms with E-state index in [1.165, 1.54) is 0 Å². The van der Waals surface area contributed by atoms with Crippen LogP contribution in [0.1, 0.15) is 11.3 Å². The third-order valence-corrected chi connectivity index (χ3v) is 1.94. The van der Waals surface area contributed by atoms with Crippen molar-refractivity contribution in [2.75, 3.05) is 5.73 Å². The Balaban J connectivity index is 2.19. The molecule has 0 unspecified atom stereocenters. The van der Waals surface area contributed by atoms with E-state index in [0.717, 1.165) is 16.9 Å². The number of hydrogen-bond acceptors (Lipinski definition) is 3. The molecule has 2 N–H and O–H groups in total. The van der Waals surface area contributed by atoms with E-state index in [-0.39, 0.29) is 0 Å². The van der Waals surface area contributed by atoms with Crippen molar-refractivity contribution in [1.82, 2.24) is 9.97 Å². The molecule has 3 nitrogen and oxygen atoms in total. The zero-order chi connectivity index (χ0) is 10.5. The fraction of sp³-hybridized carbons (Fsp3) is 0. The molecule has 0 aliphatic heterocycles. The molecule has 15 heavy (non-hydrogen) atoms. The molecule has 0 atom stereocenters. The molecule has 3 heteroatoms. The van der Waals surface area contributed by atoms with Gasteiger partial charge in [0.25, 0.3) is 0 Å². The van der Waals surface area contributed by atoms with E-state index in [4.69, 9.17) is 5.73 Å². The summed E-state index contributed by atoms with van der Waals surface area (Å²) in [4.78, 5) is 8.11. The Bertz CT molecular complexity index is 463. The summed E-state index contributed by atoms with van der Waals surface area (Å²) in [7, 11) is 0. The van der Waals surface area contributed by atoms with E-state index >= 15 is 0 Å². The van der Waals surface area contributed by atoms with Gasteiger partial charge in [0.1, 0.15) is 0 Å². The van der Waals surface area contributed by atoms with Crippen molar-refractivity contribution in [3.8, 4) is 0 Å². The standard InChI is InChI=1S/C12H11N3/c13-11-3-1-2-10(8-11)4-5-12-9-14-6-7-15-12/h1-9H,13H2/b5-4+. The second-order valence-corrected chi connectivity index (χ2v) is 3.13. The number of aromatic nitrogens is 2. The van der Waals surface area contributed by atoms with Crippen molar-refractivity contribution in [1.29, 1.82) is 0 Å². The minimum Gasteiger partial charge on any atom is -0.399 e. The summed E-state index contributed by atoms with van der Waals surface area (Å²) in [6.45, 7) is 0. The van der Waals surface area contributed by atoms with Gasteiger partial charge in [-0.25, -0.2) is 0 Å². The van der Waals surface area contributed by atoms with Gasteiger partial charge in [-0.3, -0.25) is 9.97 Å². The quantitative estimate of drug-likeness (QED) is 0.751. The van der Waals surface area contributed by atoms with Crippen LogP contribution in [0, 0.1) is 0 Å². The number of rotatable bonds is 2. The number of anilines is 1. The molecule has 1 heterocycles. The Kier molecular flexibility index (Phi) is 2.74. The lowest BCUT2D eigenvalue weighted by atomic mass is 10.2. The van der Waals surface area contributed by atoms with Gasteiger partial charge in [-0.05, 0) is 23.8 Å². The lowest BCUT2D eigenvalue weighted by Crippen LogP contribution is -1.84. The zero-order valence-electron chi connectivity index (χ0n) is 8.17. The predicted octanol–water partition coefficient (Wildman–Crippen LogP) is 2.23. The minimum absolute atomic E-state index is 0.760. The van der Waals surface area contributed by atoms with Gasteiger partial charge in [-0.15, -0.1) is 0 Å². The summed E-state index contributed by atoms with van der Waals surface area (Å²) in [6, 6.07) is 7.68. The van der Waals surface area contributed by atoms with Crippen LogP contribution >= 0.6 is 0 Å². The zero-order valence-corrected chi connectivity index (χ0v) is 8.17. The van der Waals surface area contributed by atoms with Crippen molar-refractivity contribution < 1.29 is 0 Å². The number of nitrogens with zero attached hydrogens (tertiary/aromatic N) is 2. The van der Waals surface area contributed by atoms with Crippen LogP contribution in [0.4, 0.5) is 5.69 Å². The molecule has 2 aromatic rings. The summed E-state index contributed by atoms with van der Waals surface area (Å²) < 4.78 is 0. The highest BCUT2D eigenvalue weighted by atomic mass is 14.7. The summed E-state index contributed by atoms with van der Waals surface area (Å²) in [5, 5.41) is 0. The molecule has 0 amide bonds. The van der Waals surface area contributed by atoms with Gasteiger partial charge in [0.2, 0.25) is 0 Å². The van der Waals surface area contributed by atoms with Crippen LogP contribution in [0.3, 0.4) is 0 Å². The molecular formula is C12H11N3. The van der Waals surface area contributed by atoms with Gasteiger partial charge in [0.05, 0.1) is 11.9 Å². The van der Waals surface area contributed by atoms with E-state index < -0.39 is 0 Å². The van der Waals surface area contributed by atoms with E-state index in [9.17, 15) is 0 Å². The lowest BCUT2D eigenvalue weighted by molar-refractivity contribution is 1.18. The Morgan fingerprint density at radius 3 is 2.80 bits per heavy atom. The second-order valence-electron chi connectivity index (χ2n) is 3.13. The van der Waals surface area contributed by atoms with E-state index in [1.807, 2.05) is 36.4 Å². The van der Waals surface area contributed by atoms with Crippen molar-refractivity contribution >= 4 is 17.8 Å². The van der Waals surface area contributed by atoms with Crippen LogP contribution in [-0.4, -0.2) is 9.97 Å². The average Bonchev–Trinajstić information content (AvgIpc) is 2.28. The van der Waals surface area contributed by atoms with Gasteiger partial charge < -0.3 is 5.73 Å². The normalized spacial score (nSPS) is 10.7. The molecule has 2 rings (SSSR count). The maximum Gasteiger partial charge on any atom is 0.0813 e. The molecule has 0 bridgehead atoms. The molecular weight excluding hydrogens is 186 g/mol. The Hall–Kier alpha value is -2.16. The van der Waals surface area contributed by atoms with Crippen LogP contribution in [0.5, 0.6) is 0 Å². The Labute approximate surface area is 88.3 Å². The number of hydrogen-bond donors (Lipinski definition) is 1. The molecule has 0 saturated carbocycles. The summed E-state index contributed by atoms with van der Waals surface area (Å²) in [6.07, 6.45) is 8.89. The average molecular weight is 197 g/mol. The summed E-state index contributed by atoms with van der Waals surface area (Å²) >= 11 is 0. The Morgan fingerprint density at radius 1 is 1.13 bits per heavy atom. The smallest absolute Gasteiger partial charge is 0.0813 e. The SMILES string of the molecule is Nc1cccc(/C=C/c2cnccn2)c1. The van der Waals surface area contributed by atoms with Crippen LogP contribution in [0.25, 0.3) is 12.2 Å². The maximum atomic E-state index is 5.67. The van der Waals surface area contributed by atoms with E-state index in [0.29, 0.717) is 0 Å². The number of nitrogen functional groups attached to an aromatic ring is 1. The fourth-order valence-corrected chi connectivity index (χ4v) is 1.24. The minimum atomic E-state index is 0.760. The first-order valence-corrected chi connectivity index (χ1v) is 4.64. The molecule has 1 aromatic heterocycles. The third kappa shape index (κ3) is 2.64. The fourth-order valence-electron chi connectivity index (χ4n) is 1.24. The lowest BCUT2D eigenvalue weighted by Gasteiger charge is -1.95. The molecule has 0 radical (unpaired) electrons. The number of benzene rings is 1. The topological polar surface area (TPSA) is 51.8 Å². The van der Waals surface area contributed by atoms with Gasteiger partial charge in [-0.2, -0.15) is 0 Å². The van der Waals surface area contributed by atoms with Gasteiger partial charge in [-0.1, -0.05) is 18.2 Å². The van der Waals surface area contributed by atoms with Gasteiger partial charge >= 0.3 is 0 Å². The van der Waals surface area contributed by atoms with Crippen molar-refractivity contribution in [2.24, 2.45) is 0 Å². The summed E-state index contributed by atoms with van der Waals surface area (Å²) in [5.74, 6) is 0. The molecule has 0 fully saturated rings. The predicted molar refractivity (Wildman–Crippen MR) is 61.8 cm³/mol. The second kappa shape index (κ2) is 4.37. The summed E-state index contributed by atoms with van der Waals surface area (Å²) in [5.41, 5.74) is 8.32. The first kappa shape index (κ1) is 9.40. The maximum absolute atomic E-state index is 5.67. The first-order valence-electron chi connectivity index (χ1n) is 4.64. The number of nitrogens with two attached hydrogens (primary N) is 1. The van der Waals surface area contributed by atoms with E-state index in [2.05, 4.69) is 9.97 Å². The van der Waals surface area contributed by atoms with Crippen LogP contribution in [-0.2, 0) is 0 Å².